The van der Waals surface area contributed by atoms with Crippen molar-refractivity contribution in [1.82, 2.24) is 5.32 Å². The summed E-state index contributed by atoms with van der Waals surface area (Å²) in [4.78, 5) is 25.2. The number of aryl methyl sites for hydroxylation is 2. The van der Waals surface area contributed by atoms with E-state index in [1.165, 1.54) is 37.4 Å². The highest BCUT2D eigenvalue weighted by Gasteiger charge is 2.42. The lowest BCUT2D eigenvalue weighted by Crippen LogP contribution is -2.42. The maximum atomic E-state index is 12.1. The van der Waals surface area contributed by atoms with E-state index in [2.05, 4.69) is 34.2 Å². The Bertz CT molecular complexity index is 724. The zero-order valence-electron chi connectivity index (χ0n) is 16.2. The van der Waals surface area contributed by atoms with E-state index in [9.17, 15) is 9.59 Å². The minimum absolute atomic E-state index is 0.161. The van der Waals surface area contributed by atoms with Crippen molar-refractivity contribution < 1.29 is 14.3 Å². The van der Waals surface area contributed by atoms with E-state index < -0.39 is 0 Å². The summed E-state index contributed by atoms with van der Waals surface area (Å²) in [6.07, 6.45) is 5.21. The fourth-order valence-corrected chi connectivity index (χ4v) is 5.90. The highest BCUT2D eigenvalue weighted by Crippen LogP contribution is 2.49. The topological polar surface area (TPSA) is 55.4 Å². The number of halogens is 1. The number of amides is 1. The largest absolute Gasteiger partial charge is 0.455 e. The van der Waals surface area contributed by atoms with Crippen LogP contribution >= 0.6 is 27.7 Å². The van der Waals surface area contributed by atoms with Gasteiger partial charge in [0, 0.05) is 15.4 Å². The van der Waals surface area contributed by atoms with Crippen molar-refractivity contribution in [3.05, 3.63) is 27.7 Å². The van der Waals surface area contributed by atoms with Gasteiger partial charge < -0.3 is 10.1 Å². The Balaban J connectivity index is 1.38. The number of ether oxygens (including phenoxy) is 1. The molecule has 0 heterocycles. The molecule has 6 heteroatoms. The van der Waals surface area contributed by atoms with Crippen molar-refractivity contribution in [2.75, 3.05) is 12.4 Å². The smallest absolute Gasteiger partial charge is 0.316 e. The number of nitrogens with one attached hydrogen (secondary N) is 1. The van der Waals surface area contributed by atoms with Gasteiger partial charge in [0.05, 0.1) is 5.75 Å². The summed E-state index contributed by atoms with van der Waals surface area (Å²) >= 11 is 4.96. The molecule has 4 atom stereocenters. The average molecular weight is 454 g/mol. The predicted molar refractivity (Wildman–Crippen MR) is 112 cm³/mol. The average Bonchev–Trinajstić information content (AvgIpc) is 3.25. The second kappa shape index (κ2) is 8.99. The Hall–Kier alpha value is -1.01. The van der Waals surface area contributed by atoms with E-state index in [1.54, 1.807) is 0 Å². The van der Waals surface area contributed by atoms with Gasteiger partial charge >= 0.3 is 5.97 Å². The molecule has 2 aliphatic carbocycles. The monoisotopic (exact) mass is 453 g/mol. The first-order chi connectivity index (χ1) is 12.8. The number of thioether (sulfide) groups is 1. The summed E-state index contributed by atoms with van der Waals surface area (Å²) in [5.41, 5.74) is 2.24. The molecule has 1 amide bonds. The molecule has 2 fully saturated rings. The molecule has 1 aromatic carbocycles. The molecule has 4 nitrogen and oxygen atoms in total. The van der Waals surface area contributed by atoms with E-state index in [1.807, 2.05) is 19.9 Å². The van der Waals surface area contributed by atoms with Gasteiger partial charge in [0.25, 0.3) is 5.91 Å². The number of rotatable bonds is 7. The van der Waals surface area contributed by atoms with Crippen LogP contribution in [-0.4, -0.2) is 30.3 Å². The molecule has 0 unspecified atom stereocenters. The molecule has 148 valence electrons. The molecular formula is C21H28BrNO3S. The molecule has 2 bridgehead atoms. The van der Waals surface area contributed by atoms with E-state index >= 15 is 0 Å². The standard InChI is InChI=1S/C21H28BrNO3S/c1-12-7-19(13(2)6-18(12)22)27-11-21(25)26-10-20(24)23-14(3)17-9-15-4-5-16(17)8-15/h6-7,14-17H,4-5,8-11H2,1-3H3,(H,23,24)/t14-,15-,16-,17-/m0/s1. The van der Waals surface area contributed by atoms with Gasteiger partial charge in [0.2, 0.25) is 0 Å². The lowest BCUT2D eigenvalue weighted by atomic mass is 9.84. The fourth-order valence-electron chi connectivity index (χ4n) is 4.54. The van der Waals surface area contributed by atoms with Crippen molar-refractivity contribution in [3.63, 3.8) is 0 Å². The number of benzene rings is 1. The van der Waals surface area contributed by atoms with Gasteiger partial charge in [-0.05, 0) is 81.0 Å². The molecule has 27 heavy (non-hydrogen) atoms. The molecule has 0 aliphatic heterocycles. The van der Waals surface area contributed by atoms with Crippen molar-refractivity contribution in [2.24, 2.45) is 17.8 Å². The van der Waals surface area contributed by atoms with Gasteiger partial charge in [-0.25, -0.2) is 0 Å². The third-order valence-electron chi connectivity index (χ3n) is 5.99. The number of esters is 1. The van der Waals surface area contributed by atoms with Gasteiger partial charge in [-0.1, -0.05) is 22.4 Å². The summed E-state index contributed by atoms with van der Waals surface area (Å²) < 4.78 is 6.23. The van der Waals surface area contributed by atoms with Gasteiger partial charge in [-0.2, -0.15) is 0 Å². The number of carbonyl (C=O) groups excluding carboxylic acids is 2. The lowest BCUT2D eigenvalue weighted by molar-refractivity contribution is -0.146. The van der Waals surface area contributed by atoms with Gasteiger partial charge in [0.1, 0.15) is 0 Å². The molecule has 0 saturated heterocycles. The SMILES string of the molecule is Cc1cc(SCC(=O)OCC(=O)N[C@@H](C)[C@@H]2C[C@H]3CC[C@H]2C3)c(C)cc1Br. The summed E-state index contributed by atoms with van der Waals surface area (Å²) in [6.45, 7) is 5.93. The van der Waals surface area contributed by atoms with E-state index in [0.29, 0.717) is 5.92 Å². The first kappa shape index (κ1) is 20.7. The van der Waals surface area contributed by atoms with Crippen LogP contribution in [0.4, 0.5) is 0 Å². The number of hydrogen-bond acceptors (Lipinski definition) is 4. The minimum Gasteiger partial charge on any atom is -0.455 e. The van der Waals surface area contributed by atoms with Crippen molar-refractivity contribution >= 4 is 39.6 Å². The predicted octanol–water partition coefficient (Wildman–Crippen LogP) is 4.64. The quantitative estimate of drug-likeness (QED) is 0.482. The second-order valence-electron chi connectivity index (χ2n) is 8.01. The first-order valence-corrected chi connectivity index (χ1v) is 11.5. The van der Waals surface area contributed by atoms with E-state index in [0.717, 1.165) is 32.3 Å². The number of hydrogen-bond donors (Lipinski definition) is 1. The zero-order chi connectivity index (χ0) is 19.6. The lowest BCUT2D eigenvalue weighted by Gasteiger charge is -2.28. The van der Waals surface area contributed by atoms with Crippen molar-refractivity contribution in [3.8, 4) is 0 Å². The van der Waals surface area contributed by atoms with Crippen LogP contribution in [0.1, 0.15) is 43.7 Å². The Morgan fingerprint density at radius 2 is 2.04 bits per heavy atom. The molecule has 0 spiro atoms. The molecule has 3 rings (SSSR count). The molecule has 0 aromatic heterocycles. The molecule has 1 aromatic rings. The van der Waals surface area contributed by atoms with Crippen LogP contribution < -0.4 is 5.32 Å². The van der Waals surface area contributed by atoms with Crippen LogP contribution in [0.15, 0.2) is 21.5 Å². The Labute approximate surface area is 174 Å². The summed E-state index contributed by atoms with van der Waals surface area (Å²) in [6, 6.07) is 4.27. The van der Waals surface area contributed by atoms with E-state index in [-0.39, 0.29) is 30.3 Å². The maximum absolute atomic E-state index is 12.1. The molecule has 2 saturated carbocycles. The molecular weight excluding hydrogens is 426 g/mol. The van der Waals surface area contributed by atoms with Crippen molar-refractivity contribution in [1.29, 1.82) is 0 Å². The normalized spacial score (nSPS) is 24.7. The Morgan fingerprint density at radius 3 is 2.70 bits per heavy atom. The van der Waals surface area contributed by atoms with Crippen LogP contribution in [0.3, 0.4) is 0 Å². The second-order valence-corrected chi connectivity index (χ2v) is 9.88. The molecule has 2 aliphatic rings. The zero-order valence-corrected chi connectivity index (χ0v) is 18.6. The highest BCUT2D eigenvalue weighted by atomic mass is 79.9. The van der Waals surface area contributed by atoms with Gasteiger partial charge in [-0.15, -0.1) is 11.8 Å². The van der Waals surface area contributed by atoms with E-state index in [4.69, 9.17) is 4.74 Å². The third-order valence-corrected chi connectivity index (χ3v) is 7.97. The maximum Gasteiger partial charge on any atom is 0.316 e. The highest BCUT2D eigenvalue weighted by molar-refractivity contribution is 9.10. The first-order valence-electron chi connectivity index (χ1n) is 9.68. The van der Waals surface area contributed by atoms with Crippen LogP contribution in [0.5, 0.6) is 0 Å². The van der Waals surface area contributed by atoms with Crippen molar-refractivity contribution in [2.45, 2.75) is 57.4 Å². The van der Waals surface area contributed by atoms with Crippen LogP contribution in [0.2, 0.25) is 0 Å². The molecule has 1 N–H and O–H groups in total. The van der Waals surface area contributed by atoms with Gasteiger partial charge in [0.15, 0.2) is 6.61 Å². The number of fused-ring (bicyclic) bond motifs is 2. The fraction of sp³-hybridized carbons (Fsp3) is 0.619. The van der Waals surface area contributed by atoms with Gasteiger partial charge in [-0.3, -0.25) is 9.59 Å². The summed E-state index contributed by atoms with van der Waals surface area (Å²) in [7, 11) is 0. The van der Waals surface area contributed by atoms with Crippen LogP contribution in [0, 0.1) is 31.6 Å². The Morgan fingerprint density at radius 1 is 1.26 bits per heavy atom. The Kier molecular flexibility index (Phi) is 6.90. The summed E-state index contributed by atoms with van der Waals surface area (Å²) in [5.74, 6) is 1.86. The van der Waals surface area contributed by atoms with Crippen LogP contribution in [-0.2, 0) is 14.3 Å². The third kappa shape index (κ3) is 5.29. The summed E-state index contributed by atoms with van der Waals surface area (Å²) in [5, 5.41) is 3.03. The number of carbonyl (C=O) groups is 2. The minimum atomic E-state index is -0.359. The van der Waals surface area contributed by atoms with Crippen LogP contribution in [0.25, 0.3) is 0 Å². The molecule has 0 radical (unpaired) electrons.